The Hall–Kier alpha value is -1.77. The van der Waals surface area contributed by atoms with Crippen LogP contribution in [0.5, 0.6) is 0 Å². The minimum atomic E-state index is 0.378. The van der Waals surface area contributed by atoms with E-state index in [4.69, 9.17) is 10.3 Å². The zero-order valence-corrected chi connectivity index (χ0v) is 10.4. The maximum absolute atomic E-state index is 5.62. The van der Waals surface area contributed by atoms with Crippen molar-refractivity contribution in [3.05, 3.63) is 35.9 Å². The first-order valence-corrected chi connectivity index (χ1v) is 6.66. The van der Waals surface area contributed by atoms with Gasteiger partial charge in [0, 0.05) is 11.6 Å². The number of nitrogens with two attached hydrogens (primary N) is 1. The van der Waals surface area contributed by atoms with E-state index in [1.54, 1.807) is 0 Å². The molecule has 3 heteroatoms. The van der Waals surface area contributed by atoms with Crippen LogP contribution in [0.3, 0.4) is 0 Å². The fourth-order valence-electron chi connectivity index (χ4n) is 2.92. The van der Waals surface area contributed by atoms with Gasteiger partial charge < -0.3 is 10.3 Å². The van der Waals surface area contributed by atoms with E-state index in [2.05, 4.69) is 23.4 Å². The minimum Gasteiger partial charge on any atom is -0.368 e. The molecule has 1 saturated carbocycles. The Morgan fingerprint density at radius 1 is 1.11 bits per heavy atom. The predicted molar refractivity (Wildman–Crippen MR) is 72.2 cm³/mol. The second kappa shape index (κ2) is 4.84. The van der Waals surface area contributed by atoms with Gasteiger partial charge in [-0.15, -0.1) is 0 Å². The number of nitrogens with zero attached hydrogens (tertiary/aromatic N) is 1. The largest absolute Gasteiger partial charge is 0.368 e. The van der Waals surface area contributed by atoms with Gasteiger partial charge in [0.1, 0.15) is 5.69 Å². The number of nitrogen functional groups attached to an aromatic ring is 1. The molecule has 0 spiro atoms. The lowest BCUT2D eigenvalue weighted by molar-refractivity contribution is 0.436. The lowest BCUT2D eigenvalue weighted by Gasteiger charge is -2.23. The lowest BCUT2D eigenvalue weighted by Crippen LogP contribution is -2.05. The summed E-state index contributed by atoms with van der Waals surface area (Å²) in [4.78, 5) is 0. The summed E-state index contributed by atoms with van der Waals surface area (Å²) in [5, 5.41) is 4.04. The number of hydrogen-bond donors (Lipinski definition) is 1. The second-order valence-corrected chi connectivity index (χ2v) is 5.04. The Morgan fingerprint density at radius 2 is 1.89 bits per heavy atom. The van der Waals surface area contributed by atoms with Crippen LogP contribution in [0.25, 0.3) is 11.3 Å². The Morgan fingerprint density at radius 3 is 2.61 bits per heavy atom. The summed E-state index contributed by atoms with van der Waals surface area (Å²) < 4.78 is 4.99. The summed E-state index contributed by atoms with van der Waals surface area (Å²) in [6, 6.07) is 10.3. The van der Waals surface area contributed by atoms with Gasteiger partial charge in [-0.05, 0) is 24.3 Å². The second-order valence-electron chi connectivity index (χ2n) is 5.04. The van der Waals surface area contributed by atoms with E-state index in [0.717, 1.165) is 5.69 Å². The van der Waals surface area contributed by atoms with Crippen LogP contribution in [0.2, 0.25) is 0 Å². The molecule has 0 amide bonds. The number of anilines is 1. The zero-order chi connectivity index (χ0) is 12.4. The average molecular weight is 242 g/mol. The van der Waals surface area contributed by atoms with Crippen molar-refractivity contribution in [3.63, 3.8) is 0 Å². The summed E-state index contributed by atoms with van der Waals surface area (Å²) in [6.45, 7) is 0. The molecule has 0 saturated heterocycles. The standard InChI is InChI=1S/C15H18N2O/c16-15-10-14(17-18-15)13-9-5-4-8-12(13)11-6-2-1-3-7-11/h4-5,8-11H,1-3,6-7,16H2. The van der Waals surface area contributed by atoms with Crippen molar-refractivity contribution in [2.75, 3.05) is 5.73 Å². The normalized spacial score (nSPS) is 16.9. The van der Waals surface area contributed by atoms with E-state index in [1.807, 2.05) is 12.1 Å². The molecule has 94 valence electrons. The van der Waals surface area contributed by atoms with Crippen molar-refractivity contribution >= 4 is 5.88 Å². The van der Waals surface area contributed by atoms with Crippen LogP contribution in [-0.2, 0) is 0 Å². The van der Waals surface area contributed by atoms with E-state index in [1.165, 1.54) is 43.2 Å². The number of rotatable bonds is 2. The molecular formula is C15H18N2O. The third-order valence-electron chi connectivity index (χ3n) is 3.81. The third kappa shape index (κ3) is 2.13. The van der Waals surface area contributed by atoms with Crippen LogP contribution >= 0.6 is 0 Å². The summed E-state index contributed by atoms with van der Waals surface area (Å²) in [5.74, 6) is 1.04. The van der Waals surface area contributed by atoms with Gasteiger partial charge >= 0.3 is 0 Å². The molecule has 2 N–H and O–H groups in total. The lowest BCUT2D eigenvalue weighted by atomic mass is 9.81. The van der Waals surface area contributed by atoms with Crippen molar-refractivity contribution in [2.24, 2.45) is 0 Å². The highest BCUT2D eigenvalue weighted by Crippen LogP contribution is 2.37. The van der Waals surface area contributed by atoms with Gasteiger partial charge in [0.15, 0.2) is 0 Å². The summed E-state index contributed by atoms with van der Waals surface area (Å²) in [7, 11) is 0. The van der Waals surface area contributed by atoms with Crippen molar-refractivity contribution < 1.29 is 4.52 Å². The fourth-order valence-corrected chi connectivity index (χ4v) is 2.92. The van der Waals surface area contributed by atoms with Gasteiger partial charge in [-0.25, -0.2) is 0 Å². The van der Waals surface area contributed by atoms with Gasteiger partial charge in [-0.1, -0.05) is 48.7 Å². The molecule has 2 aromatic rings. The highest BCUT2D eigenvalue weighted by Gasteiger charge is 2.19. The quantitative estimate of drug-likeness (QED) is 0.866. The summed E-state index contributed by atoms with van der Waals surface area (Å²) in [5.41, 5.74) is 9.04. The number of benzene rings is 1. The average Bonchev–Trinajstić information content (AvgIpc) is 2.86. The summed E-state index contributed by atoms with van der Waals surface area (Å²) in [6.07, 6.45) is 6.60. The van der Waals surface area contributed by atoms with Gasteiger partial charge in [-0.2, -0.15) is 0 Å². The minimum absolute atomic E-state index is 0.378. The van der Waals surface area contributed by atoms with Gasteiger partial charge in [0.25, 0.3) is 0 Å². The van der Waals surface area contributed by atoms with E-state index < -0.39 is 0 Å². The molecule has 0 aliphatic heterocycles. The van der Waals surface area contributed by atoms with Crippen LogP contribution in [-0.4, -0.2) is 5.16 Å². The molecule has 0 radical (unpaired) electrons. The number of hydrogen-bond acceptors (Lipinski definition) is 3. The predicted octanol–water partition coefficient (Wildman–Crippen LogP) is 3.97. The maximum atomic E-state index is 5.62. The highest BCUT2D eigenvalue weighted by atomic mass is 16.5. The van der Waals surface area contributed by atoms with E-state index in [0.29, 0.717) is 11.8 Å². The molecule has 3 nitrogen and oxygen atoms in total. The first-order valence-electron chi connectivity index (χ1n) is 6.66. The molecule has 1 aromatic heterocycles. The molecule has 18 heavy (non-hydrogen) atoms. The smallest absolute Gasteiger partial charge is 0.222 e. The third-order valence-corrected chi connectivity index (χ3v) is 3.81. The maximum Gasteiger partial charge on any atom is 0.222 e. The molecule has 0 unspecified atom stereocenters. The first-order chi connectivity index (χ1) is 8.84. The molecule has 1 aliphatic rings. The van der Waals surface area contributed by atoms with Crippen LogP contribution in [0.4, 0.5) is 5.88 Å². The van der Waals surface area contributed by atoms with Crippen LogP contribution in [0.15, 0.2) is 34.9 Å². The molecule has 1 fully saturated rings. The summed E-state index contributed by atoms with van der Waals surface area (Å²) >= 11 is 0. The SMILES string of the molecule is Nc1cc(-c2ccccc2C2CCCCC2)no1. The Balaban J connectivity index is 1.99. The molecule has 1 aliphatic carbocycles. The highest BCUT2D eigenvalue weighted by molar-refractivity contribution is 5.66. The van der Waals surface area contributed by atoms with Gasteiger partial charge in [-0.3, -0.25) is 0 Å². The first kappa shape index (κ1) is 11.3. The Bertz CT molecular complexity index is 527. The van der Waals surface area contributed by atoms with Crippen molar-refractivity contribution in [2.45, 2.75) is 38.0 Å². The van der Waals surface area contributed by atoms with Crippen molar-refractivity contribution in [1.82, 2.24) is 5.16 Å². The molecule has 3 rings (SSSR count). The zero-order valence-electron chi connectivity index (χ0n) is 10.4. The molecule has 1 heterocycles. The van der Waals surface area contributed by atoms with Gasteiger partial charge in [0.2, 0.25) is 5.88 Å². The Labute approximate surface area is 107 Å². The monoisotopic (exact) mass is 242 g/mol. The molecule has 0 bridgehead atoms. The topological polar surface area (TPSA) is 52.0 Å². The molecule has 1 aromatic carbocycles. The fraction of sp³-hybridized carbons (Fsp3) is 0.400. The van der Waals surface area contributed by atoms with Crippen LogP contribution in [0, 0.1) is 0 Å². The van der Waals surface area contributed by atoms with Crippen molar-refractivity contribution in [3.8, 4) is 11.3 Å². The Kier molecular flexibility index (Phi) is 3.05. The molecule has 0 atom stereocenters. The molecular weight excluding hydrogens is 224 g/mol. The van der Waals surface area contributed by atoms with E-state index in [-0.39, 0.29) is 0 Å². The van der Waals surface area contributed by atoms with Crippen molar-refractivity contribution in [1.29, 1.82) is 0 Å². The van der Waals surface area contributed by atoms with Crippen LogP contribution < -0.4 is 5.73 Å². The van der Waals surface area contributed by atoms with Crippen LogP contribution in [0.1, 0.15) is 43.6 Å². The van der Waals surface area contributed by atoms with Gasteiger partial charge in [0.05, 0.1) is 0 Å². The van der Waals surface area contributed by atoms with E-state index in [9.17, 15) is 0 Å². The van der Waals surface area contributed by atoms with E-state index >= 15 is 0 Å². The number of aromatic nitrogens is 1.